The lowest BCUT2D eigenvalue weighted by Gasteiger charge is -2.44. The van der Waals surface area contributed by atoms with Crippen LogP contribution in [0.5, 0.6) is 0 Å². The number of rotatable bonds is 2. The Hall–Kier alpha value is -0.990. The highest BCUT2D eigenvalue weighted by molar-refractivity contribution is 5.73. The van der Waals surface area contributed by atoms with E-state index >= 15 is 0 Å². The Kier molecular flexibility index (Phi) is 3.29. The van der Waals surface area contributed by atoms with Crippen LogP contribution in [0.15, 0.2) is 0 Å². The van der Waals surface area contributed by atoms with Crippen molar-refractivity contribution in [2.75, 3.05) is 0 Å². The van der Waals surface area contributed by atoms with E-state index in [4.69, 9.17) is 5.11 Å². The monoisotopic (exact) mass is 253 g/mol. The highest BCUT2D eigenvalue weighted by atomic mass is 19.4. The number of aliphatic hydroxyl groups is 1. The SMILES string of the molecule is CC(C)(C(=O)[O-])C(O)(C(F)(F)F)C(F)(F)F. The van der Waals surface area contributed by atoms with Crippen molar-refractivity contribution in [1.29, 1.82) is 0 Å². The van der Waals surface area contributed by atoms with Gasteiger partial charge in [-0.3, -0.25) is 0 Å². The van der Waals surface area contributed by atoms with Crippen molar-refractivity contribution in [3.05, 3.63) is 0 Å². The lowest BCUT2D eigenvalue weighted by molar-refractivity contribution is -0.411. The Bertz CT molecular complexity index is 275. The summed E-state index contributed by atoms with van der Waals surface area (Å²) in [5, 5.41) is 19.0. The third-order valence-corrected chi connectivity index (χ3v) is 2.24. The van der Waals surface area contributed by atoms with Crippen LogP contribution in [0.2, 0.25) is 0 Å². The molecule has 0 aromatic heterocycles. The van der Waals surface area contributed by atoms with E-state index in [0.29, 0.717) is 0 Å². The number of hydrogen-bond donors (Lipinski definition) is 1. The first kappa shape index (κ1) is 15.0. The van der Waals surface area contributed by atoms with Gasteiger partial charge < -0.3 is 15.0 Å². The van der Waals surface area contributed by atoms with Gasteiger partial charge in [-0.1, -0.05) is 13.8 Å². The summed E-state index contributed by atoms with van der Waals surface area (Å²) in [6.07, 6.45) is -12.4. The van der Waals surface area contributed by atoms with E-state index in [2.05, 4.69) is 0 Å². The molecule has 0 aliphatic rings. The van der Waals surface area contributed by atoms with Crippen LogP contribution in [0.3, 0.4) is 0 Å². The van der Waals surface area contributed by atoms with E-state index in [0.717, 1.165) is 0 Å². The molecule has 1 N–H and O–H groups in total. The number of halogens is 6. The molecule has 9 heteroatoms. The van der Waals surface area contributed by atoms with E-state index in [1.54, 1.807) is 0 Å². The number of carboxylic acids is 1. The van der Waals surface area contributed by atoms with Crippen molar-refractivity contribution in [3.63, 3.8) is 0 Å². The molecule has 0 unspecified atom stereocenters. The minimum Gasteiger partial charge on any atom is -0.549 e. The number of carboxylic acid groups (broad SMARTS) is 1. The molecule has 0 radical (unpaired) electrons. The lowest BCUT2D eigenvalue weighted by Crippen LogP contribution is -2.69. The molecule has 0 spiro atoms. The summed E-state index contributed by atoms with van der Waals surface area (Å²) in [5.41, 5.74) is -8.94. The Morgan fingerprint density at radius 3 is 1.31 bits per heavy atom. The number of aliphatic carboxylic acids is 1. The summed E-state index contributed by atoms with van der Waals surface area (Å²) in [6.45, 7) is 0.173. The molecule has 0 atom stereocenters. The van der Waals surface area contributed by atoms with Gasteiger partial charge in [0.2, 0.25) is 0 Å². The molecular formula is C7H7F6O3-. The van der Waals surface area contributed by atoms with Crippen LogP contribution >= 0.6 is 0 Å². The van der Waals surface area contributed by atoms with Crippen molar-refractivity contribution in [3.8, 4) is 0 Å². The minimum atomic E-state index is -6.19. The predicted octanol–water partition coefficient (Wildman–Crippen LogP) is 0.618. The van der Waals surface area contributed by atoms with E-state index < -0.39 is 29.3 Å². The van der Waals surface area contributed by atoms with E-state index in [1.807, 2.05) is 0 Å². The lowest BCUT2D eigenvalue weighted by atomic mass is 9.73. The first-order valence-electron chi connectivity index (χ1n) is 3.77. The maximum Gasteiger partial charge on any atom is 0.427 e. The molecule has 0 saturated carbocycles. The molecule has 0 aliphatic heterocycles. The fourth-order valence-electron chi connectivity index (χ4n) is 1.02. The van der Waals surface area contributed by atoms with E-state index in [1.165, 1.54) is 0 Å². The standard InChI is InChI=1S/C7H8F6O3/c1-4(2,3(14)15)5(16,6(8,9)10)7(11,12)13/h16H,1-2H3,(H,14,15)/p-1. The summed E-state index contributed by atoms with van der Waals surface area (Å²) in [7, 11) is 0. The molecule has 96 valence electrons. The quantitative estimate of drug-likeness (QED) is 0.734. The predicted molar refractivity (Wildman–Crippen MR) is 35.8 cm³/mol. The van der Waals surface area contributed by atoms with Crippen LogP contribution in [0.1, 0.15) is 13.8 Å². The number of hydrogen-bond acceptors (Lipinski definition) is 3. The van der Waals surface area contributed by atoms with Gasteiger partial charge in [0.15, 0.2) is 0 Å². The van der Waals surface area contributed by atoms with Gasteiger partial charge >= 0.3 is 12.4 Å². The fourth-order valence-corrected chi connectivity index (χ4v) is 1.02. The Labute approximate surface area is 85.7 Å². The maximum atomic E-state index is 12.2. The normalized spacial score (nSPS) is 15.1. The summed E-state index contributed by atoms with van der Waals surface area (Å²) < 4.78 is 73.2. The van der Waals surface area contributed by atoms with Crippen LogP contribution in [-0.2, 0) is 4.79 Å². The van der Waals surface area contributed by atoms with Crippen molar-refractivity contribution >= 4 is 5.97 Å². The highest BCUT2D eigenvalue weighted by Crippen LogP contribution is 2.52. The molecule has 0 fully saturated rings. The van der Waals surface area contributed by atoms with Crippen LogP contribution < -0.4 is 5.11 Å². The molecule has 0 rings (SSSR count). The molecule has 16 heavy (non-hydrogen) atoms. The van der Waals surface area contributed by atoms with Gasteiger partial charge in [-0.15, -0.1) is 0 Å². The van der Waals surface area contributed by atoms with Crippen LogP contribution in [-0.4, -0.2) is 29.0 Å². The van der Waals surface area contributed by atoms with Gasteiger partial charge in [0.1, 0.15) is 0 Å². The zero-order valence-electron chi connectivity index (χ0n) is 8.03. The molecule has 0 aromatic rings. The topological polar surface area (TPSA) is 60.4 Å². The van der Waals surface area contributed by atoms with Crippen LogP contribution in [0.4, 0.5) is 26.3 Å². The van der Waals surface area contributed by atoms with Gasteiger partial charge in [-0.2, -0.15) is 26.3 Å². The largest absolute Gasteiger partial charge is 0.549 e. The molecule has 0 amide bonds. The van der Waals surface area contributed by atoms with Gasteiger partial charge in [0.25, 0.3) is 5.60 Å². The molecule has 3 nitrogen and oxygen atoms in total. The summed E-state index contributed by atoms with van der Waals surface area (Å²) in [6, 6.07) is 0. The second kappa shape index (κ2) is 3.51. The van der Waals surface area contributed by atoms with Crippen molar-refractivity contribution < 1.29 is 41.4 Å². The number of carbonyl (C=O) groups excluding carboxylic acids is 1. The van der Waals surface area contributed by atoms with Gasteiger partial charge in [0, 0.05) is 0 Å². The Balaban J connectivity index is 5.91. The average molecular weight is 253 g/mol. The number of alkyl halides is 6. The summed E-state index contributed by atoms with van der Waals surface area (Å²) >= 11 is 0. The number of carbonyl (C=O) groups is 1. The Morgan fingerprint density at radius 2 is 1.25 bits per heavy atom. The smallest absolute Gasteiger partial charge is 0.427 e. The fraction of sp³-hybridized carbons (Fsp3) is 0.857. The average Bonchev–Trinajstić information content (AvgIpc) is 1.97. The van der Waals surface area contributed by atoms with Crippen LogP contribution in [0, 0.1) is 5.41 Å². The first-order valence-corrected chi connectivity index (χ1v) is 3.77. The third-order valence-electron chi connectivity index (χ3n) is 2.24. The van der Waals surface area contributed by atoms with Crippen molar-refractivity contribution in [1.82, 2.24) is 0 Å². The van der Waals surface area contributed by atoms with Crippen molar-refractivity contribution in [2.45, 2.75) is 31.8 Å². The second-order valence-electron chi connectivity index (χ2n) is 3.62. The molecule has 0 heterocycles. The van der Waals surface area contributed by atoms with E-state index in [-0.39, 0.29) is 13.8 Å². The molecular weight excluding hydrogens is 246 g/mol. The van der Waals surface area contributed by atoms with Crippen molar-refractivity contribution in [2.24, 2.45) is 5.41 Å². The first-order chi connectivity index (χ1) is 6.69. The molecule has 0 aliphatic carbocycles. The second-order valence-corrected chi connectivity index (χ2v) is 3.62. The summed E-state index contributed by atoms with van der Waals surface area (Å²) in [5.74, 6) is -2.66. The van der Waals surface area contributed by atoms with Gasteiger partial charge in [0.05, 0.1) is 11.4 Å². The zero-order chi connectivity index (χ0) is 13.6. The van der Waals surface area contributed by atoms with E-state index in [9.17, 15) is 36.2 Å². The summed E-state index contributed by atoms with van der Waals surface area (Å²) in [4.78, 5) is 10.3. The van der Waals surface area contributed by atoms with Gasteiger partial charge in [-0.25, -0.2) is 0 Å². The molecule has 0 aromatic carbocycles. The highest BCUT2D eigenvalue weighted by Gasteiger charge is 2.77. The third kappa shape index (κ3) is 1.83. The molecule has 0 bridgehead atoms. The maximum absolute atomic E-state index is 12.2. The van der Waals surface area contributed by atoms with Crippen LogP contribution in [0.25, 0.3) is 0 Å². The van der Waals surface area contributed by atoms with Gasteiger partial charge in [-0.05, 0) is 0 Å². The minimum absolute atomic E-state index is 0.0866. The Morgan fingerprint density at radius 1 is 1.00 bits per heavy atom. The molecule has 0 saturated heterocycles. The zero-order valence-corrected chi connectivity index (χ0v) is 8.03.